The molecule has 0 atom stereocenters. The fraction of sp³-hybridized carbons (Fsp3) is 0.176. The molecular weight excluding hydrogens is 332 g/mol. The highest BCUT2D eigenvalue weighted by molar-refractivity contribution is 7.16. The molecule has 6 heteroatoms. The van der Waals surface area contributed by atoms with Crippen molar-refractivity contribution < 1.29 is 9.53 Å². The van der Waals surface area contributed by atoms with Crippen LogP contribution in [0.4, 0.5) is 0 Å². The molecule has 0 spiro atoms. The van der Waals surface area contributed by atoms with Crippen molar-refractivity contribution in [1.29, 1.82) is 0 Å². The van der Waals surface area contributed by atoms with Gasteiger partial charge < -0.3 is 9.30 Å². The van der Waals surface area contributed by atoms with E-state index in [9.17, 15) is 4.79 Å². The molecule has 118 valence electrons. The highest BCUT2D eigenvalue weighted by Crippen LogP contribution is 2.25. The summed E-state index contributed by atoms with van der Waals surface area (Å²) in [6.07, 6.45) is 0. The molecule has 0 fully saturated rings. The molecule has 3 rings (SSSR count). The molecule has 4 nitrogen and oxygen atoms in total. The zero-order chi connectivity index (χ0) is 16.2. The van der Waals surface area contributed by atoms with Crippen molar-refractivity contribution in [3.8, 4) is 5.75 Å². The van der Waals surface area contributed by atoms with Crippen LogP contribution in [0.3, 0.4) is 0 Å². The molecule has 0 aliphatic carbocycles. The summed E-state index contributed by atoms with van der Waals surface area (Å²) in [6.45, 7) is 2.60. The number of benzene rings is 2. The zero-order valence-electron chi connectivity index (χ0n) is 12.5. The monoisotopic (exact) mass is 346 g/mol. The number of carbonyl (C=O) groups excluding carboxylic acids is 1. The van der Waals surface area contributed by atoms with Crippen molar-refractivity contribution in [2.75, 3.05) is 6.61 Å². The second-order valence-electron chi connectivity index (χ2n) is 4.82. The van der Waals surface area contributed by atoms with Crippen LogP contribution < -0.4 is 9.54 Å². The molecule has 23 heavy (non-hydrogen) atoms. The summed E-state index contributed by atoms with van der Waals surface area (Å²) in [5, 5.41) is 0.662. The minimum absolute atomic E-state index is 0.0876. The van der Waals surface area contributed by atoms with Gasteiger partial charge in [-0.15, -0.1) is 0 Å². The molecule has 0 aliphatic rings. The lowest BCUT2D eigenvalue weighted by molar-refractivity contribution is -0.120. The Kier molecular flexibility index (Phi) is 4.79. The van der Waals surface area contributed by atoms with Crippen LogP contribution in [0.25, 0.3) is 10.2 Å². The number of halogens is 1. The lowest BCUT2D eigenvalue weighted by atomic mass is 10.3. The summed E-state index contributed by atoms with van der Waals surface area (Å²) in [5.41, 5.74) is 0.914. The number of nitrogens with zero attached hydrogens (tertiary/aromatic N) is 2. The van der Waals surface area contributed by atoms with E-state index >= 15 is 0 Å². The molecule has 0 aliphatic heterocycles. The summed E-state index contributed by atoms with van der Waals surface area (Å²) in [6, 6.07) is 14.9. The number of para-hydroxylation sites is 2. The normalized spacial score (nSPS) is 11.8. The molecule has 0 radical (unpaired) electrons. The first-order valence-electron chi connectivity index (χ1n) is 7.22. The van der Waals surface area contributed by atoms with Crippen molar-refractivity contribution in [3.63, 3.8) is 0 Å². The minimum atomic E-state index is -0.321. The second-order valence-corrected chi connectivity index (χ2v) is 6.24. The van der Waals surface area contributed by atoms with Crippen LogP contribution in [0.1, 0.15) is 6.92 Å². The van der Waals surface area contributed by atoms with Gasteiger partial charge in [-0.1, -0.05) is 47.2 Å². The number of ether oxygens (including phenoxy) is 1. The molecule has 0 N–H and O–H groups in total. The van der Waals surface area contributed by atoms with E-state index in [-0.39, 0.29) is 12.5 Å². The summed E-state index contributed by atoms with van der Waals surface area (Å²) in [7, 11) is 0. The van der Waals surface area contributed by atoms with Crippen LogP contribution in [0.5, 0.6) is 5.75 Å². The van der Waals surface area contributed by atoms with Crippen molar-refractivity contribution in [2.24, 2.45) is 4.99 Å². The third-order valence-electron chi connectivity index (χ3n) is 3.29. The molecule has 0 saturated carbocycles. The van der Waals surface area contributed by atoms with Gasteiger partial charge in [0.25, 0.3) is 5.91 Å². The lowest BCUT2D eigenvalue weighted by Gasteiger charge is -2.03. The first kappa shape index (κ1) is 15.8. The van der Waals surface area contributed by atoms with E-state index < -0.39 is 0 Å². The van der Waals surface area contributed by atoms with Crippen LogP contribution in [0, 0.1) is 0 Å². The van der Waals surface area contributed by atoms with Gasteiger partial charge in [-0.05, 0) is 31.2 Å². The summed E-state index contributed by atoms with van der Waals surface area (Å²) >= 11 is 7.71. The maximum absolute atomic E-state index is 12.1. The van der Waals surface area contributed by atoms with Crippen LogP contribution in [0.15, 0.2) is 53.5 Å². The number of aryl methyl sites for hydroxylation is 1. The van der Waals surface area contributed by atoms with Gasteiger partial charge in [-0.25, -0.2) is 0 Å². The lowest BCUT2D eigenvalue weighted by Crippen LogP contribution is -2.18. The van der Waals surface area contributed by atoms with Crippen molar-refractivity contribution in [1.82, 2.24) is 4.57 Å². The van der Waals surface area contributed by atoms with Gasteiger partial charge in [0, 0.05) is 6.54 Å². The van der Waals surface area contributed by atoms with E-state index in [1.54, 1.807) is 12.1 Å². The number of rotatable bonds is 4. The Morgan fingerprint density at radius 2 is 2.00 bits per heavy atom. The molecule has 1 aromatic heterocycles. The number of aromatic nitrogens is 1. The number of hydrogen-bond donors (Lipinski definition) is 0. The number of carbonyl (C=O) groups is 1. The quantitative estimate of drug-likeness (QED) is 0.719. The highest BCUT2D eigenvalue weighted by atomic mass is 35.5. The average Bonchev–Trinajstić information content (AvgIpc) is 2.92. The van der Waals surface area contributed by atoms with Crippen molar-refractivity contribution in [2.45, 2.75) is 13.5 Å². The molecule has 0 saturated heterocycles. The summed E-state index contributed by atoms with van der Waals surface area (Å²) in [5.74, 6) is 0.331. The molecule has 2 aromatic carbocycles. The third-order valence-corrected chi connectivity index (χ3v) is 4.64. The predicted octanol–water partition coefficient (Wildman–Crippen LogP) is 3.88. The Morgan fingerprint density at radius 3 is 2.74 bits per heavy atom. The Hall–Kier alpha value is -2.11. The van der Waals surface area contributed by atoms with Crippen molar-refractivity contribution >= 4 is 39.1 Å². The smallest absolute Gasteiger partial charge is 0.286 e. The number of thiazole rings is 1. The molecule has 0 bridgehead atoms. The summed E-state index contributed by atoms with van der Waals surface area (Å²) in [4.78, 5) is 16.9. The molecule has 0 unspecified atom stereocenters. The minimum Gasteiger partial charge on any atom is -0.484 e. The number of hydrogen-bond acceptors (Lipinski definition) is 3. The number of fused-ring (bicyclic) bond motifs is 1. The van der Waals surface area contributed by atoms with Gasteiger partial charge in [0.2, 0.25) is 0 Å². The molecule has 1 heterocycles. The highest BCUT2D eigenvalue weighted by Gasteiger charge is 2.09. The van der Waals surface area contributed by atoms with E-state index in [4.69, 9.17) is 16.3 Å². The predicted molar refractivity (Wildman–Crippen MR) is 93.0 cm³/mol. The van der Waals surface area contributed by atoms with Gasteiger partial charge >= 0.3 is 0 Å². The van der Waals surface area contributed by atoms with Crippen molar-refractivity contribution in [3.05, 3.63) is 58.4 Å². The Balaban J connectivity index is 1.88. The Bertz CT molecular complexity index is 900. The standard InChI is InChI=1S/C17H15ClN2O2S/c1-2-20-16-13(18)9-6-10-14(16)23-17(20)19-15(21)11-22-12-7-4-3-5-8-12/h3-10H,2,11H2,1H3. The van der Waals surface area contributed by atoms with Gasteiger partial charge in [0.05, 0.1) is 15.2 Å². The first-order valence-corrected chi connectivity index (χ1v) is 8.41. The van der Waals surface area contributed by atoms with E-state index in [0.717, 1.165) is 10.2 Å². The van der Waals surface area contributed by atoms with Crippen LogP contribution in [0.2, 0.25) is 5.02 Å². The number of amides is 1. The average molecular weight is 347 g/mol. The van der Waals surface area contributed by atoms with Crippen LogP contribution in [-0.2, 0) is 11.3 Å². The zero-order valence-corrected chi connectivity index (χ0v) is 14.1. The third kappa shape index (κ3) is 3.46. The van der Waals surface area contributed by atoms with E-state index in [1.165, 1.54) is 11.3 Å². The SMILES string of the molecule is CCn1c(=NC(=O)COc2ccccc2)sc2cccc(Cl)c21. The molecule has 1 amide bonds. The Labute approximate surface area is 142 Å². The van der Waals surface area contributed by atoms with Gasteiger partial charge in [-0.3, -0.25) is 4.79 Å². The van der Waals surface area contributed by atoms with E-state index in [1.807, 2.05) is 47.9 Å². The van der Waals surface area contributed by atoms with Gasteiger partial charge in [0.1, 0.15) is 5.75 Å². The van der Waals surface area contributed by atoms with Gasteiger partial charge in [-0.2, -0.15) is 4.99 Å². The maximum Gasteiger partial charge on any atom is 0.286 e. The van der Waals surface area contributed by atoms with Crippen LogP contribution >= 0.6 is 22.9 Å². The fourth-order valence-electron chi connectivity index (χ4n) is 2.27. The van der Waals surface area contributed by atoms with Crippen LogP contribution in [-0.4, -0.2) is 17.1 Å². The largest absolute Gasteiger partial charge is 0.484 e. The Morgan fingerprint density at radius 1 is 1.22 bits per heavy atom. The molecular formula is C17H15ClN2O2S. The fourth-order valence-corrected chi connectivity index (χ4v) is 3.74. The van der Waals surface area contributed by atoms with E-state index in [2.05, 4.69) is 4.99 Å². The molecule has 3 aromatic rings. The topological polar surface area (TPSA) is 43.6 Å². The summed E-state index contributed by atoms with van der Waals surface area (Å²) < 4.78 is 8.39. The maximum atomic E-state index is 12.1. The van der Waals surface area contributed by atoms with E-state index in [0.29, 0.717) is 22.1 Å². The first-order chi connectivity index (χ1) is 11.2. The second kappa shape index (κ2) is 6.98. The van der Waals surface area contributed by atoms with Gasteiger partial charge in [0.15, 0.2) is 11.4 Å².